The van der Waals surface area contributed by atoms with Gasteiger partial charge in [-0.1, -0.05) is 6.07 Å². The van der Waals surface area contributed by atoms with E-state index in [1.807, 2.05) is 0 Å². The Morgan fingerprint density at radius 2 is 2.43 bits per heavy atom. The van der Waals surface area contributed by atoms with Crippen LogP contribution in [0, 0.1) is 0 Å². The molecule has 1 atom stereocenters. The Labute approximate surface area is 90.3 Å². The fourth-order valence-corrected chi connectivity index (χ4v) is 1.41. The second-order valence-electron chi connectivity index (χ2n) is 3.35. The molecule has 0 bridgehead atoms. The number of hydrogen-bond acceptors (Lipinski definition) is 3. The average molecular weight is 259 g/mol. The molecular formula is C9H11BrN2O2. The molecule has 0 aliphatic rings. The first kappa shape index (κ1) is 11.1. The van der Waals surface area contributed by atoms with E-state index in [1.165, 1.54) is 6.92 Å². The van der Waals surface area contributed by atoms with E-state index in [0.717, 1.165) is 5.56 Å². The monoisotopic (exact) mass is 258 g/mol. The third-order valence-electron chi connectivity index (χ3n) is 1.88. The SMILES string of the molecule is CC(N)(Cc1cccnc1Br)C(=O)O. The van der Waals surface area contributed by atoms with Crippen LogP contribution in [0.5, 0.6) is 0 Å². The molecule has 0 radical (unpaired) electrons. The van der Waals surface area contributed by atoms with Crippen molar-refractivity contribution in [2.24, 2.45) is 5.73 Å². The molecule has 1 heterocycles. The highest BCUT2D eigenvalue weighted by Gasteiger charge is 2.28. The molecule has 1 aromatic heterocycles. The Hall–Kier alpha value is -0.940. The molecule has 0 saturated heterocycles. The lowest BCUT2D eigenvalue weighted by Crippen LogP contribution is -2.46. The van der Waals surface area contributed by atoms with Gasteiger partial charge in [-0.3, -0.25) is 4.79 Å². The highest BCUT2D eigenvalue weighted by molar-refractivity contribution is 9.10. The Morgan fingerprint density at radius 1 is 1.79 bits per heavy atom. The van der Waals surface area contributed by atoms with Crippen LogP contribution in [0.3, 0.4) is 0 Å². The van der Waals surface area contributed by atoms with Gasteiger partial charge < -0.3 is 10.8 Å². The molecule has 0 aliphatic carbocycles. The number of aliphatic carboxylic acids is 1. The highest BCUT2D eigenvalue weighted by Crippen LogP contribution is 2.18. The first-order valence-electron chi connectivity index (χ1n) is 4.05. The van der Waals surface area contributed by atoms with Gasteiger partial charge in [0.15, 0.2) is 0 Å². The summed E-state index contributed by atoms with van der Waals surface area (Å²) in [6, 6.07) is 3.54. The van der Waals surface area contributed by atoms with Gasteiger partial charge in [-0.05, 0) is 34.5 Å². The summed E-state index contributed by atoms with van der Waals surface area (Å²) < 4.78 is 0.637. The van der Waals surface area contributed by atoms with Crippen LogP contribution in [0.4, 0.5) is 0 Å². The van der Waals surface area contributed by atoms with E-state index in [9.17, 15) is 4.79 Å². The number of pyridine rings is 1. The van der Waals surface area contributed by atoms with E-state index in [1.54, 1.807) is 18.3 Å². The first-order chi connectivity index (χ1) is 6.43. The zero-order valence-electron chi connectivity index (χ0n) is 7.70. The van der Waals surface area contributed by atoms with Crippen LogP contribution in [0.1, 0.15) is 12.5 Å². The molecule has 1 rings (SSSR count). The molecule has 1 aromatic rings. The molecule has 0 aromatic carbocycles. The standard InChI is InChI=1S/C9H11BrN2O2/c1-9(11,8(13)14)5-6-3-2-4-12-7(6)10/h2-4H,5,11H2,1H3,(H,13,14). The molecule has 0 spiro atoms. The lowest BCUT2D eigenvalue weighted by molar-refractivity contribution is -0.142. The minimum Gasteiger partial charge on any atom is -0.480 e. The largest absolute Gasteiger partial charge is 0.480 e. The van der Waals surface area contributed by atoms with Crippen molar-refractivity contribution in [3.63, 3.8) is 0 Å². The quantitative estimate of drug-likeness (QED) is 0.799. The van der Waals surface area contributed by atoms with Gasteiger partial charge in [0.25, 0.3) is 0 Å². The van der Waals surface area contributed by atoms with Crippen molar-refractivity contribution < 1.29 is 9.90 Å². The predicted molar refractivity (Wildman–Crippen MR) is 55.9 cm³/mol. The molecule has 4 nitrogen and oxygen atoms in total. The van der Waals surface area contributed by atoms with Crippen molar-refractivity contribution in [3.8, 4) is 0 Å². The number of halogens is 1. The summed E-state index contributed by atoms with van der Waals surface area (Å²) >= 11 is 3.24. The number of rotatable bonds is 3. The van der Waals surface area contributed by atoms with Gasteiger partial charge in [-0.2, -0.15) is 0 Å². The maximum Gasteiger partial charge on any atom is 0.323 e. The third kappa shape index (κ3) is 2.52. The summed E-state index contributed by atoms with van der Waals surface area (Å²) in [6.45, 7) is 1.48. The number of nitrogens with zero attached hydrogens (tertiary/aromatic N) is 1. The van der Waals surface area contributed by atoms with Crippen LogP contribution >= 0.6 is 15.9 Å². The zero-order chi connectivity index (χ0) is 10.8. The van der Waals surface area contributed by atoms with Gasteiger partial charge in [0, 0.05) is 12.6 Å². The lowest BCUT2D eigenvalue weighted by atomic mass is 9.95. The summed E-state index contributed by atoms with van der Waals surface area (Å²) in [5, 5.41) is 8.83. The molecule has 76 valence electrons. The Kier molecular flexibility index (Phi) is 3.23. The van der Waals surface area contributed by atoms with Crippen LogP contribution in [-0.4, -0.2) is 21.6 Å². The Balaban J connectivity index is 2.89. The average Bonchev–Trinajstić information content (AvgIpc) is 2.08. The van der Waals surface area contributed by atoms with Gasteiger partial charge in [-0.15, -0.1) is 0 Å². The van der Waals surface area contributed by atoms with Crippen molar-refractivity contribution in [2.45, 2.75) is 18.9 Å². The van der Waals surface area contributed by atoms with Crippen LogP contribution in [0.15, 0.2) is 22.9 Å². The molecule has 3 N–H and O–H groups in total. The van der Waals surface area contributed by atoms with Crippen LogP contribution in [-0.2, 0) is 11.2 Å². The maximum atomic E-state index is 10.8. The van der Waals surface area contributed by atoms with Crippen molar-refractivity contribution in [3.05, 3.63) is 28.5 Å². The summed E-state index contributed by atoms with van der Waals surface area (Å²) in [4.78, 5) is 14.8. The van der Waals surface area contributed by atoms with Crippen molar-refractivity contribution in [2.75, 3.05) is 0 Å². The van der Waals surface area contributed by atoms with Crippen molar-refractivity contribution >= 4 is 21.9 Å². The summed E-state index contributed by atoms with van der Waals surface area (Å²) in [5.74, 6) is -1.02. The van der Waals surface area contributed by atoms with E-state index in [0.29, 0.717) is 4.60 Å². The molecule has 0 saturated carbocycles. The molecule has 14 heavy (non-hydrogen) atoms. The first-order valence-corrected chi connectivity index (χ1v) is 4.84. The smallest absolute Gasteiger partial charge is 0.323 e. The summed E-state index contributed by atoms with van der Waals surface area (Å²) in [6.07, 6.45) is 1.87. The van der Waals surface area contributed by atoms with Gasteiger partial charge >= 0.3 is 5.97 Å². The van der Waals surface area contributed by atoms with E-state index < -0.39 is 11.5 Å². The second-order valence-corrected chi connectivity index (χ2v) is 4.10. The second kappa shape index (κ2) is 4.06. The zero-order valence-corrected chi connectivity index (χ0v) is 9.28. The molecule has 1 unspecified atom stereocenters. The minimum atomic E-state index is -1.26. The molecule has 0 fully saturated rings. The predicted octanol–water partition coefficient (Wildman–Crippen LogP) is 1.19. The lowest BCUT2D eigenvalue weighted by Gasteiger charge is -2.19. The van der Waals surface area contributed by atoms with Crippen LogP contribution in [0.2, 0.25) is 0 Å². The fraction of sp³-hybridized carbons (Fsp3) is 0.333. The van der Waals surface area contributed by atoms with E-state index in [-0.39, 0.29) is 6.42 Å². The molecule has 0 amide bonds. The molecular weight excluding hydrogens is 248 g/mol. The Morgan fingerprint density at radius 3 is 2.93 bits per heavy atom. The van der Waals surface area contributed by atoms with Crippen LogP contribution in [0.25, 0.3) is 0 Å². The van der Waals surface area contributed by atoms with Crippen molar-refractivity contribution in [1.29, 1.82) is 0 Å². The number of aromatic nitrogens is 1. The van der Waals surface area contributed by atoms with Gasteiger partial charge in [0.2, 0.25) is 0 Å². The third-order valence-corrected chi connectivity index (χ3v) is 2.60. The van der Waals surface area contributed by atoms with E-state index in [2.05, 4.69) is 20.9 Å². The summed E-state index contributed by atoms with van der Waals surface area (Å²) in [5.41, 5.74) is 5.15. The van der Waals surface area contributed by atoms with E-state index in [4.69, 9.17) is 10.8 Å². The normalized spacial score (nSPS) is 14.8. The topological polar surface area (TPSA) is 76.2 Å². The Bertz CT molecular complexity index is 352. The number of carboxylic acid groups (broad SMARTS) is 1. The van der Waals surface area contributed by atoms with Gasteiger partial charge in [0.1, 0.15) is 10.1 Å². The minimum absolute atomic E-state index is 0.247. The van der Waals surface area contributed by atoms with E-state index >= 15 is 0 Å². The highest BCUT2D eigenvalue weighted by atomic mass is 79.9. The van der Waals surface area contributed by atoms with Crippen LogP contribution < -0.4 is 5.73 Å². The number of carbonyl (C=O) groups is 1. The number of hydrogen-bond donors (Lipinski definition) is 2. The van der Waals surface area contributed by atoms with Crippen molar-refractivity contribution in [1.82, 2.24) is 4.98 Å². The van der Waals surface area contributed by atoms with Gasteiger partial charge in [-0.25, -0.2) is 4.98 Å². The fourth-order valence-electron chi connectivity index (χ4n) is 1.02. The molecule has 0 aliphatic heterocycles. The molecule has 5 heteroatoms. The summed E-state index contributed by atoms with van der Waals surface area (Å²) in [7, 11) is 0. The van der Waals surface area contributed by atoms with Gasteiger partial charge in [0.05, 0.1) is 0 Å². The maximum absolute atomic E-state index is 10.8. The number of nitrogens with two attached hydrogens (primary N) is 1. The number of carboxylic acids is 1.